The summed E-state index contributed by atoms with van der Waals surface area (Å²) < 4.78 is 0. The van der Waals surface area contributed by atoms with Crippen molar-refractivity contribution in [2.24, 2.45) is 0 Å². The first-order valence-electron chi connectivity index (χ1n) is 8.49. The van der Waals surface area contributed by atoms with Gasteiger partial charge >= 0.3 is 0 Å². The molecule has 1 aliphatic heterocycles. The number of carbonyl (C=O) groups excluding carboxylic acids is 1. The van der Waals surface area contributed by atoms with Gasteiger partial charge in [-0.15, -0.1) is 0 Å². The van der Waals surface area contributed by atoms with Crippen molar-refractivity contribution >= 4 is 11.9 Å². The third-order valence-corrected chi connectivity index (χ3v) is 4.39. The number of hydrogen-bond acceptors (Lipinski definition) is 6. The average Bonchev–Trinajstić information content (AvgIpc) is 2.75. The molecule has 1 aliphatic rings. The van der Waals surface area contributed by atoms with Gasteiger partial charge in [0.05, 0.1) is 11.3 Å². The minimum Gasteiger partial charge on any atom is -0.337 e. The maximum absolute atomic E-state index is 13.0. The second-order valence-electron chi connectivity index (χ2n) is 5.98. The lowest BCUT2D eigenvalue weighted by molar-refractivity contribution is 0.0746. The number of rotatable bonds is 3. The van der Waals surface area contributed by atoms with E-state index in [0.717, 1.165) is 5.56 Å². The quantitative estimate of drug-likeness (QED) is 0.721. The van der Waals surface area contributed by atoms with E-state index in [0.29, 0.717) is 43.4 Å². The molecular weight excluding hydrogens is 328 g/mol. The summed E-state index contributed by atoms with van der Waals surface area (Å²) in [6.07, 6.45) is 6.54. The highest BCUT2D eigenvalue weighted by atomic mass is 16.2. The van der Waals surface area contributed by atoms with Crippen molar-refractivity contribution in [1.82, 2.24) is 24.8 Å². The Labute approximate surface area is 151 Å². The Morgan fingerprint density at radius 3 is 2.35 bits per heavy atom. The van der Waals surface area contributed by atoms with E-state index in [2.05, 4.69) is 24.8 Å². The molecule has 4 rings (SSSR count). The molecule has 0 N–H and O–H groups in total. The van der Waals surface area contributed by atoms with Gasteiger partial charge in [0.2, 0.25) is 5.95 Å². The maximum Gasteiger partial charge on any atom is 0.257 e. The van der Waals surface area contributed by atoms with E-state index in [1.807, 2.05) is 35.2 Å². The Morgan fingerprint density at radius 2 is 1.62 bits per heavy atom. The second kappa shape index (κ2) is 7.26. The minimum absolute atomic E-state index is 0.0434. The van der Waals surface area contributed by atoms with Crippen molar-refractivity contribution in [3.05, 3.63) is 66.9 Å². The van der Waals surface area contributed by atoms with Crippen LogP contribution in [0.3, 0.4) is 0 Å². The van der Waals surface area contributed by atoms with Crippen LogP contribution in [-0.2, 0) is 0 Å². The predicted octanol–water partition coefficient (Wildman–Crippen LogP) is 1.90. The second-order valence-corrected chi connectivity index (χ2v) is 5.98. The Morgan fingerprint density at radius 1 is 0.885 bits per heavy atom. The third kappa shape index (κ3) is 3.23. The number of piperazine rings is 1. The summed E-state index contributed by atoms with van der Waals surface area (Å²) in [6.45, 7) is 2.62. The number of benzene rings is 1. The number of hydrogen-bond donors (Lipinski definition) is 0. The average molecular weight is 346 g/mol. The van der Waals surface area contributed by atoms with E-state index >= 15 is 0 Å². The molecule has 1 saturated heterocycles. The van der Waals surface area contributed by atoms with Crippen LogP contribution < -0.4 is 4.90 Å². The first kappa shape index (κ1) is 16.1. The van der Waals surface area contributed by atoms with Crippen molar-refractivity contribution in [2.45, 2.75) is 0 Å². The van der Waals surface area contributed by atoms with Gasteiger partial charge in [-0.1, -0.05) is 30.3 Å². The van der Waals surface area contributed by atoms with Crippen LogP contribution in [0.25, 0.3) is 11.3 Å². The summed E-state index contributed by atoms with van der Waals surface area (Å²) in [5, 5.41) is 0. The fraction of sp³-hybridized carbons (Fsp3) is 0.211. The summed E-state index contributed by atoms with van der Waals surface area (Å²) >= 11 is 0. The molecule has 2 aromatic heterocycles. The molecule has 1 amide bonds. The van der Waals surface area contributed by atoms with Gasteiger partial charge < -0.3 is 9.80 Å². The lowest BCUT2D eigenvalue weighted by atomic mass is 10.1. The molecule has 1 aromatic carbocycles. The molecule has 3 heterocycles. The molecule has 0 bridgehead atoms. The molecule has 1 fully saturated rings. The molecule has 0 unspecified atom stereocenters. The lowest BCUT2D eigenvalue weighted by Crippen LogP contribution is -2.49. The molecule has 0 spiro atoms. The summed E-state index contributed by atoms with van der Waals surface area (Å²) in [4.78, 5) is 33.9. The highest BCUT2D eigenvalue weighted by molar-refractivity contribution is 5.99. The van der Waals surface area contributed by atoms with Crippen LogP contribution in [0.15, 0.2) is 61.3 Å². The van der Waals surface area contributed by atoms with Crippen LogP contribution in [0.1, 0.15) is 10.4 Å². The zero-order valence-electron chi connectivity index (χ0n) is 14.2. The highest BCUT2D eigenvalue weighted by Crippen LogP contribution is 2.22. The number of amides is 1. The monoisotopic (exact) mass is 346 g/mol. The topological polar surface area (TPSA) is 75.1 Å². The fourth-order valence-corrected chi connectivity index (χ4v) is 3.05. The van der Waals surface area contributed by atoms with E-state index in [1.54, 1.807) is 24.7 Å². The maximum atomic E-state index is 13.0. The number of nitrogens with zero attached hydrogens (tertiary/aromatic N) is 6. The molecule has 0 atom stereocenters. The van der Waals surface area contributed by atoms with E-state index in [9.17, 15) is 4.79 Å². The molecule has 26 heavy (non-hydrogen) atoms. The van der Waals surface area contributed by atoms with Crippen molar-refractivity contribution < 1.29 is 4.79 Å². The molecule has 0 aliphatic carbocycles. The SMILES string of the molecule is O=C(c1cncnc1-c1ccccc1)N1CCN(c2ncccn2)CC1. The van der Waals surface area contributed by atoms with Crippen LogP contribution >= 0.6 is 0 Å². The van der Waals surface area contributed by atoms with E-state index < -0.39 is 0 Å². The predicted molar refractivity (Wildman–Crippen MR) is 97.6 cm³/mol. The Balaban J connectivity index is 1.51. The Kier molecular flexibility index (Phi) is 4.51. The number of aromatic nitrogens is 4. The molecule has 7 nitrogen and oxygen atoms in total. The molecule has 0 radical (unpaired) electrons. The van der Waals surface area contributed by atoms with Crippen LogP contribution in [-0.4, -0.2) is 56.9 Å². The highest BCUT2D eigenvalue weighted by Gasteiger charge is 2.25. The molecule has 3 aromatic rings. The largest absolute Gasteiger partial charge is 0.337 e. The zero-order valence-corrected chi connectivity index (χ0v) is 14.2. The Bertz CT molecular complexity index is 879. The van der Waals surface area contributed by atoms with Crippen LogP contribution in [0.4, 0.5) is 5.95 Å². The third-order valence-electron chi connectivity index (χ3n) is 4.39. The van der Waals surface area contributed by atoms with Crippen molar-refractivity contribution in [3.8, 4) is 11.3 Å². The van der Waals surface area contributed by atoms with E-state index in [-0.39, 0.29) is 5.91 Å². The fourth-order valence-electron chi connectivity index (χ4n) is 3.05. The van der Waals surface area contributed by atoms with Crippen LogP contribution in [0, 0.1) is 0 Å². The summed E-state index contributed by atoms with van der Waals surface area (Å²) in [5.74, 6) is 0.658. The van der Waals surface area contributed by atoms with Gasteiger partial charge in [0.25, 0.3) is 5.91 Å². The van der Waals surface area contributed by atoms with Gasteiger partial charge in [-0.05, 0) is 6.07 Å². The lowest BCUT2D eigenvalue weighted by Gasteiger charge is -2.34. The first-order chi connectivity index (χ1) is 12.8. The standard InChI is InChI=1S/C19H18N6O/c26-18(16-13-20-14-23-17(16)15-5-2-1-3-6-15)24-9-11-25(12-10-24)19-21-7-4-8-22-19/h1-8,13-14H,9-12H2. The van der Waals surface area contributed by atoms with Gasteiger partial charge in [0.15, 0.2) is 0 Å². The van der Waals surface area contributed by atoms with Gasteiger partial charge in [0, 0.05) is 50.3 Å². The van der Waals surface area contributed by atoms with Crippen molar-refractivity contribution in [3.63, 3.8) is 0 Å². The first-order valence-corrected chi connectivity index (χ1v) is 8.49. The van der Waals surface area contributed by atoms with Gasteiger partial charge in [-0.3, -0.25) is 4.79 Å². The van der Waals surface area contributed by atoms with Gasteiger partial charge in [-0.2, -0.15) is 0 Å². The summed E-state index contributed by atoms with van der Waals surface area (Å²) in [6, 6.07) is 11.5. The minimum atomic E-state index is -0.0434. The number of anilines is 1. The summed E-state index contributed by atoms with van der Waals surface area (Å²) in [7, 11) is 0. The summed E-state index contributed by atoms with van der Waals surface area (Å²) in [5.41, 5.74) is 2.11. The normalized spacial score (nSPS) is 14.3. The van der Waals surface area contributed by atoms with Crippen molar-refractivity contribution in [1.29, 1.82) is 0 Å². The van der Waals surface area contributed by atoms with Crippen LogP contribution in [0.2, 0.25) is 0 Å². The molecule has 130 valence electrons. The number of carbonyl (C=O) groups is 1. The molecular formula is C19H18N6O. The smallest absolute Gasteiger partial charge is 0.257 e. The Hall–Kier alpha value is -3.35. The van der Waals surface area contributed by atoms with Crippen molar-refractivity contribution in [2.75, 3.05) is 31.1 Å². The molecule has 0 saturated carbocycles. The van der Waals surface area contributed by atoms with Gasteiger partial charge in [-0.25, -0.2) is 19.9 Å². The van der Waals surface area contributed by atoms with Gasteiger partial charge in [0.1, 0.15) is 6.33 Å². The molecule has 7 heteroatoms. The van der Waals surface area contributed by atoms with E-state index in [4.69, 9.17) is 0 Å². The van der Waals surface area contributed by atoms with Crippen LogP contribution in [0.5, 0.6) is 0 Å². The zero-order chi connectivity index (χ0) is 17.8. The van der Waals surface area contributed by atoms with E-state index in [1.165, 1.54) is 6.33 Å².